The van der Waals surface area contributed by atoms with Crippen LogP contribution in [0.25, 0.3) is 16.9 Å². The second-order valence-corrected chi connectivity index (χ2v) is 8.87. The van der Waals surface area contributed by atoms with E-state index in [1.54, 1.807) is 40.9 Å². The lowest BCUT2D eigenvalue weighted by molar-refractivity contribution is 0.0946. The first-order valence-corrected chi connectivity index (χ1v) is 11.6. The van der Waals surface area contributed by atoms with Crippen LogP contribution in [0.3, 0.4) is 0 Å². The minimum absolute atomic E-state index is 0.205. The fourth-order valence-corrected chi connectivity index (χ4v) is 4.36. The first-order valence-electron chi connectivity index (χ1n) is 11.6. The van der Waals surface area contributed by atoms with Gasteiger partial charge in [-0.2, -0.15) is 14.9 Å². The third-order valence-corrected chi connectivity index (χ3v) is 6.36. The molecule has 11 heteroatoms. The van der Waals surface area contributed by atoms with E-state index in [0.717, 1.165) is 17.7 Å². The van der Waals surface area contributed by atoms with E-state index < -0.39 is 6.67 Å². The maximum Gasteiger partial charge on any atom is 0.270 e. The van der Waals surface area contributed by atoms with Crippen LogP contribution < -0.4 is 10.2 Å². The van der Waals surface area contributed by atoms with Crippen molar-refractivity contribution in [2.24, 2.45) is 0 Å². The number of alkyl halides is 1. The third kappa shape index (κ3) is 4.50. The number of likely N-dealkylation sites (N-methyl/N-ethyl adjacent to an activating group) is 1. The molecular formula is C25H25FN8O2. The molecule has 184 valence electrons. The summed E-state index contributed by atoms with van der Waals surface area (Å²) in [5, 5.41) is 20.5. The molecule has 5 rings (SSSR count). The number of nitrogens with one attached hydrogen (secondary N) is 1. The van der Waals surface area contributed by atoms with Crippen molar-refractivity contribution >= 4 is 17.4 Å². The summed E-state index contributed by atoms with van der Waals surface area (Å²) in [6.07, 6.45) is 1.52. The summed E-state index contributed by atoms with van der Waals surface area (Å²) in [5.74, 6) is 0.234. The van der Waals surface area contributed by atoms with E-state index in [1.165, 1.54) is 6.26 Å². The van der Waals surface area contributed by atoms with Gasteiger partial charge in [0.05, 0.1) is 28.9 Å². The second kappa shape index (κ2) is 9.75. The summed E-state index contributed by atoms with van der Waals surface area (Å²) < 4.78 is 20.8. The molecule has 36 heavy (non-hydrogen) atoms. The topological polar surface area (TPSA) is 116 Å². The zero-order chi connectivity index (χ0) is 25.2. The maximum atomic E-state index is 14.1. The molecule has 1 fully saturated rings. The quantitative estimate of drug-likeness (QED) is 0.440. The van der Waals surface area contributed by atoms with Gasteiger partial charge in [0.25, 0.3) is 5.91 Å². The number of amides is 1. The number of hydrogen-bond donors (Lipinski definition) is 1. The van der Waals surface area contributed by atoms with Gasteiger partial charge in [-0.15, -0.1) is 0 Å². The van der Waals surface area contributed by atoms with Crippen molar-refractivity contribution in [3.8, 4) is 17.3 Å². The standard InChI is InChI=1S/C25H25FN8O2/c1-16-20(15-36-31-16)21-9-23-29-22(25(35)28-13-18-5-3-17(12-27)4-6-18)10-24(34(23)30-21)33-8-7-32(2)14-19(33)11-26/h3-6,9-10,15,19H,7-8,11,13-14H2,1-2H3,(H,28,35)/t19-/m1/s1. The summed E-state index contributed by atoms with van der Waals surface area (Å²) >= 11 is 0. The molecule has 0 unspecified atom stereocenters. The smallest absolute Gasteiger partial charge is 0.270 e. The van der Waals surface area contributed by atoms with Crippen molar-refractivity contribution in [3.05, 3.63) is 65.2 Å². The lowest BCUT2D eigenvalue weighted by Gasteiger charge is -2.40. The number of carbonyl (C=O) groups is 1. The van der Waals surface area contributed by atoms with E-state index >= 15 is 0 Å². The van der Waals surface area contributed by atoms with E-state index in [-0.39, 0.29) is 24.2 Å². The maximum absolute atomic E-state index is 14.1. The summed E-state index contributed by atoms with van der Waals surface area (Å²) in [6.45, 7) is 3.45. The summed E-state index contributed by atoms with van der Waals surface area (Å²) in [4.78, 5) is 21.7. The number of aromatic nitrogens is 4. The molecule has 4 heterocycles. The predicted octanol–water partition coefficient (Wildman–Crippen LogP) is 2.58. The van der Waals surface area contributed by atoms with Crippen molar-refractivity contribution in [3.63, 3.8) is 0 Å². The fourth-order valence-electron chi connectivity index (χ4n) is 4.36. The molecule has 1 atom stereocenters. The average Bonchev–Trinajstić information content (AvgIpc) is 3.52. The molecule has 0 spiro atoms. The number of carbonyl (C=O) groups excluding carboxylic acids is 1. The Morgan fingerprint density at radius 1 is 1.28 bits per heavy atom. The van der Waals surface area contributed by atoms with Gasteiger partial charge in [-0.3, -0.25) is 4.79 Å². The highest BCUT2D eigenvalue weighted by Gasteiger charge is 2.29. The normalized spacial score (nSPS) is 16.3. The summed E-state index contributed by atoms with van der Waals surface area (Å²) in [6, 6.07) is 12.1. The van der Waals surface area contributed by atoms with Crippen molar-refractivity contribution in [2.75, 3.05) is 38.3 Å². The Labute approximate surface area is 206 Å². The number of rotatable bonds is 6. The van der Waals surface area contributed by atoms with E-state index in [0.29, 0.717) is 41.5 Å². The summed E-state index contributed by atoms with van der Waals surface area (Å²) in [5.41, 5.74) is 4.08. The molecule has 1 saturated heterocycles. The van der Waals surface area contributed by atoms with E-state index in [9.17, 15) is 9.18 Å². The Kier molecular flexibility index (Phi) is 6.35. The Morgan fingerprint density at radius 2 is 2.08 bits per heavy atom. The average molecular weight is 489 g/mol. The molecule has 0 saturated carbocycles. The van der Waals surface area contributed by atoms with Gasteiger partial charge in [-0.05, 0) is 31.7 Å². The van der Waals surface area contributed by atoms with Gasteiger partial charge in [0.15, 0.2) is 5.65 Å². The number of halogens is 1. The molecule has 1 aromatic carbocycles. The fraction of sp³-hybridized carbons (Fsp3) is 0.320. The van der Waals surface area contributed by atoms with Crippen LogP contribution in [0.2, 0.25) is 0 Å². The molecule has 0 radical (unpaired) electrons. The molecule has 3 aromatic heterocycles. The largest absolute Gasteiger partial charge is 0.364 e. The zero-order valence-corrected chi connectivity index (χ0v) is 20.0. The number of nitrogens with zero attached hydrogens (tertiary/aromatic N) is 7. The lowest BCUT2D eigenvalue weighted by atomic mass is 10.1. The Bertz CT molecular complexity index is 1440. The highest BCUT2D eigenvalue weighted by molar-refractivity contribution is 5.93. The highest BCUT2D eigenvalue weighted by Crippen LogP contribution is 2.27. The number of nitriles is 1. The Morgan fingerprint density at radius 3 is 2.78 bits per heavy atom. The van der Waals surface area contributed by atoms with Crippen molar-refractivity contribution in [2.45, 2.75) is 19.5 Å². The van der Waals surface area contributed by atoms with Crippen molar-refractivity contribution < 1.29 is 13.7 Å². The molecule has 1 aliphatic rings. The van der Waals surface area contributed by atoms with Crippen LogP contribution in [-0.4, -0.2) is 70.0 Å². The minimum Gasteiger partial charge on any atom is -0.364 e. The van der Waals surface area contributed by atoms with Crippen molar-refractivity contribution in [1.29, 1.82) is 5.26 Å². The number of piperazine rings is 1. The van der Waals surface area contributed by atoms with Gasteiger partial charge < -0.3 is 19.6 Å². The molecule has 1 N–H and O–H groups in total. The number of benzene rings is 1. The number of fused-ring (bicyclic) bond motifs is 1. The number of hydrogen-bond acceptors (Lipinski definition) is 8. The lowest BCUT2D eigenvalue weighted by Crippen LogP contribution is -2.53. The van der Waals surface area contributed by atoms with E-state index in [2.05, 4.69) is 26.4 Å². The van der Waals surface area contributed by atoms with Gasteiger partial charge in [-0.1, -0.05) is 17.3 Å². The molecular weight excluding hydrogens is 463 g/mol. The van der Waals surface area contributed by atoms with Crippen LogP contribution in [-0.2, 0) is 6.54 Å². The van der Waals surface area contributed by atoms with Crippen LogP contribution in [0.15, 0.2) is 47.2 Å². The molecule has 0 bridgehead atoms. The number of anilines is 1. The predicted molar refractivity (Wildman–Crippen MR) is 130 cm³/mol. The first-order chi connectivity index (χ1) is 17.5. The molecule has 0 aliphatic carbocycles. The van der Waals surface area contributed by atoms with Crippen LogP contribution in [0.5, 0.6) is 0 Å². The molecule has 1 aliphatic heterocycles. The van der Waals surface area contributed by atoms with Crippen LogP contribution >= 0.6 is 0 Å². The molecule has 1 amide bonds. The Hall–Kier alpha value is -4.30. The summed E-state index contributed by atoms with van der Waals surface area (Å²) in [7, 11) is 1.96. The van der Waals surface area contributed by atoms with Gasteiger partial charge in [0.2, 0.25) is 0 Å². The van der Waals surface area contributed by atoms with Gasteiger partial charge in [0.1, 0.15) is 30.1 Å². The zero-order valence-electron chi connectivity index (χ0n) is 20.0. The third-order valence-electron chi connectivity index (χ3n) is 6.36. The molecule has 4 aromatic rings. The van der Waals surface area contributed by atoms with E-state index in [1.807, 2.05) is 18.9 Å². The van der Waals surface area contributed by atoms with Crippen LogP contribution in [0, 0.1) is 18.3 Å². The highest BCUT2D eigenvalue weighted by atomic mass is 19.1. The van der Waals surface area contributed by atoms with Crippen molar-refractivity contribution in [1.82, 2.24) is 30.0 Å². The van der Waals surface area contributed by atoms with Gasteiger partial charge in [-0.25, -0.2) is 9.37 Å². The van der Waals surface area contributed by atoms with Crippen LogP contribution in [0.4, 0.5) is 10.2 Å². The first kappa shape index (κ1) is 23.4. The van der Waals surface area contributed by atoms with Gasteiger partial charge in [0, 0.05) is 38.3 Å². The Balaban J connectivity index is 1.51. The van der Waals surface area contributed by atoms with E-state index in [4.69, 9.17) is 14.9 Å². The second-order valence-electron chi connectivity index (χ2n) is 8.87. The minimum atomic E-state index is -0.534. The monoisotopic (exact) mass is 488 g/mol. The number of aryl methyl sites for hydroxylation is 1. The van der Waals surface area contributed by atoms with Gasteiger partial charge >= 0.3 is 0 Å². The van der Waals surface area contributed by atoms with Crippen LogP contribution in [0.1, 0.15) is 27.3 Å². The molecule has 10 nitrogen and oxygen atoms in total. The SMILES string of the molecule is Cc1nocc1-c1cc2nc(C(=O)NCc3ccc(C#N)cc3)cc(N3CCN(C)C[C@H]3CF)n2n1.